The molecular weight excluding hydrogens is 206 g/mol. The highest BCUT2D eigenvalue weighted by Crippen LogP contribution is 2.29. The Bertz CT molecular complexity index is 515. The van der Waals surface area contributed by atoms with Gasteiger partial charge in [-0.2, -0.15) is 9.97 Å². The third-order valence-corrected chi connectivity index (χ3v) is 2.11. The maximum Gasteiger partial charge on any atom is 0.317 e. The fourth-order valence-electron chi connectivity index (χ4n) is 1.14. The molecule has 0 atom stereocenters. The van der Waals surface area contributed by atoms with Crippen molar-refractivity contribution >= 4 is 28.2 Å². The third kappa shape index (κ3) is 1.27. The second kappa shape index (κ2) is 2.88. The van der Waals surface area contributed by atoms with E-state index in [0.29, 0.717) is 21.6 Å². The molecule has 14 heavy (non-hydrogen) atoms. The number of halogens is 1. The number of aromatic hydroxyl groups is 2. The molecule has 6 heteroatoms. The average Bonchev–Trinajstić information content (AvgIpc) is 2.08. The van der Waals surface area contributed by atoms with E-state index in [0.717, 1.165) is 0 Å². The summed E-state index contributed by atoms with van der Waals surface area (Å²) in [6.07, 6.45) is 0. The number of hydrogen-bond donors (Lipinski definition) is 3. The molecule has 2 aromatic rings. The lowest BCUT2D eigenvalue weighted by Gasteiger charge is -2.03. The van der Waals surface area contributed by atoms with E-state index in [1.165, 1.54) is 12.1 Å². The van der Waals surface area contributed by atoms with Crippen LogP contribution in [-0.4, -0.2) is 20.2 Å². The van der Waals surface area contributed by atoms with Gasteiger partial charge in [0.15, 0.2) is 0 Å². The first-order valence-corrected chi connectivity index (χ1v) is 4.10. The molecule has 1 aromatic carbocycles. The van der Waals surface area contributed by atoms with Gasteiger partial charge in [0.25, 0.3) is 0 Å². The van der Waals surface area contributed by atoms with Gasteiger partial charge in [0, 0.05) is 0 Å². The van der Waals surface area contributed by atoms with Gasteiger partial charge in [-0.05, 0) is 12.1 Å². The molecular formula is C8H6ClN3O2. The molecule has 5 nitrogen and oxygen atoms in total. The molecule has 2 rings (SSSR count). The number of nitrogen functional groups attached to an aromatic ring is 1. The van der Waals surface area contributed by atoms with E-state index in [-0.39, 0.29) is 5.88 Å². The van der Waals surface area contributed by atoms with Gasteiger partial charge in [0.1, 0.15) is 0 Å². The topological polar surface area (TPSA) is 92.3 Å². The maximum atomic E-state index is 9.36. The Morgan fingerprint density at radius 3 is 2.64 bits per heavy atom. The number of anilines is 1. The van der Waals surface area contributed by atoms with E-state index in [1.54, 1.807) is 0 Å². The molecule has 0 aliphatic heterocycles. The normalized spacial score (nSPS) is 10.6. The molecule has 0 spiro atoms. The Balaban J connectivity index is 2.89. The van der Waals surface area contributed by atoms with Crippen LogP contribution >= 0.6 is 11.6 Å². The highest BCUT2D eigenvalue weighted by Gasteiger charge is 2.08. The van der Waals surface area contributed by atoms with Crippen molar-refractivity contribution in [2.75, 3.05) is 5.73 Å². The van der Waals surface area contributed by atoms with E-state index in [9.17, 15) is 5.11 Å². The maximum absolute atomic E-state index is 9.36. The molecule has 0 amide bonds. The average molecular weight is 212 g/mol. The first-order chi connectivity index (χ1) is 6.58. The first-order valence-electron chi connectivity index (χ1n) is 3.72. The minimum Gasteiger partial charge on any atom is -0.493 e. The van der Waals surface area contributed by atoms with Gasteiger partial charge < -0.3 is 15.9 Å². The fraction of sp³-hybridized carbons (Fsp3) is 0. The van der Waals surface area contributed by atoms with Crippen molar-refractivity contribution in [2.45, 2.75) is 0 Å². The Morgan fingerprint density at radius 1 is 1.21 bits per heavy atom. The summed E-state index contributed by atoms with van der Waals surface area (Å²) < 4.78 is 0. The molecule has 72 valence electrons. The molecule has 0 aliphatic rings. The van der Waals surface area contributed by atoms with Crippen molar-refractivity contribution in [3.63, 3.8) is 0 Å². The summed E-state index contributed by atoms with van der Waals surface area (Å²) in [4.78, 5) is 7.06. The van der Waals surface area contributed by atoms with Gasteiger partial charge in [0.2, 0.25) is 5.88 Å². The zero-order chi connectivity index (χ0) is 10.3. The molecule has 0 fully saturated rings. The molecule has 0 saturated carbocycles. The van der Waals surface area contributed by atoms with Crippen LogP contribution in [0, 0.1) is 0 Å². The highest BCUT2D eigenvalue weighted by molar-refractivity contribution is 6.33. The SMILES string of the molecule is Nc1cc2c(O)nc(O)nc2cc1Cl. The summed E-state index contributed by atoms with van der Waals surface area (Å²) >= 11 is 5.74. The summed E-state index contributed by atoms with van der Waals surface area (Å²) in [7, 11) is 0. The Kier molecular flexibility index (Phi) is 1.82. The largest absolute Gasteiger partial charge is 0.493 e. The predicted molar refractivity (Wildman–Crippen MR) is 52.3 cm³/mol. The van der Waals surface area contributed by atoms with Crippen LogP contribution in [0.2, 0.25) is 5.02 Å². The molecule has 0 bridgehead atoms. The van der Waals surface area contributed by atoms with Gasteiger partial charge in [-0.1, -0.05) is 11.6 Å². The lowest BCUT2D eigenvalue weighted by molar-refractivity contribution is 0.403. The summed E-state index contributed by atoms with van der Waals surface area (Å²) in [5.74, 6) is -0.323. The van der Waals surface area contributed by atoms with Crippen molar-refractivity contribution in [1.82, 2.24) is 9.97 Å². The van der Waals surface area contributed by atoms with Crippen LogP contribution in [0.25, 0.3) is 10.9 Å². The van der Waals surface area contributed by atoms with E-state index in [1.807, 2.05) is 0 Å². The van der Waals surface area contributed by atoms with E-state index in [2.05, 4.69) is 9.97 Å². The van der Waals surface area contributed by atoms with Gasteiger partial charge >= 0.3 is 6.01 Å². The fourth-order valence-corrected chi connectivity index (χ4v) is 1.30. The predicted octanol–water partition coefficient (Wildman–Crippen LogP) is 1.28. The lowest BCUT2D eigenvalue weighted by Crippen LogP contribution is -1.90. The number of nitrogens with two attached hydrogens (primary N) is 1. The number of aromatic nitrogens is 2. The number of nitrogens with zero attached hydrogens (tertiary/aromatic N) is 2. The first kappa shape index (κ1) is 8.83. The summed E-state index contributed by atoms with van der Waals surface area (Å²) in [6, 6.07) is 2.40. The van der Waals surface area contributed by atoms with Crippen LogP contribution in [-0.2, 0) is 0 Å². The van der Waals surface area contributed by atoms with Crippen molar-refractivity contribution in [3.05, 3.63) is 17.2 Å². The van der Waals surface area contributed by atoms with Crippen molar-refractivity contribution in [3.8, 4) is 11.9 Å². The van der Waals surface area contributed by atoms with Crippen molar-refractivity contribution in [2.24, 2.45) is 0 Å². The molecule has 1 heterocycles. The Morgan fingerprint density at radius 2 is 1.93 bits per heavy atom. The highest BCUT2D eigenvalue weighted by atomic mass is 35.5. The third-order valence-electron chi connectivity index (χ3n) is 1.78. The number of benzene rings is 1. The Hall–Kier alpha value is -1.75. The molecule has 0 aliphatic carbocycles. The molecule has 0 saturated heterocycles. The minimum absolute atomic E-state index is 0.315. The zero-order valence-electron chi connectivity index (χ0n) is 6.90. The van der Waals surface area contributed by atoms with Crippen LogP contribution in [0.15, 0.2) is 12.1 Å². The van der Waals surface area contributed by atoms with E-state index in [4.69, 9.17) is 22.4 Å². The van der Waals surface area contributed by atoms with E-state index < -0.39 is 6.01 Å². The standard InChI is InChI=1S/C8H6ClN3O2/c9-4-2-6-3(1-5(4)10)7(13)12-8(14)11-6/h1-2H,10H2,(H2,11,12,13,14). The van der Waals surface area contributed by atoms with Gasteiger partial charge in [-0.15, -0.1) is 0 Å². The van der Waals surface area contributed by atoms with Crippen LogP contribution in [0.3, 0.4) is 0 Å². The quantitative estimate of drug-likeness (QED) is 0.571. The lowest BCUT2D eigenvalue weighted by atomic mass is 10.2. The van der Waals surface area contributed by atoms with Crippen LogP contribution < -0.4 is 5.73 Å². The van der Waals surface area contributed by atoms with Gasteiger partial charge in [0.05, 0.1) is 21.6 Å². The van der Waals surface area contributed by atoms with E-state index >= 15 is 0 Å². The van der Waals surface area contributed by atoms with Crippen LogP contribution in [0.1, 0.15) is 0 Å². The summed E-state index contributed by atoms with van der Waals surface area (Å²) in [5, 5.41) is 19.0. The number of hydrogen-bond acceptors (Lipinski definition) is 5. The second-order valence-corrected chi connectivity index (χ2v) is 3.15. The molecule has 0 unspecified atom stereocenters. The van der Waals surface area contributed by atoms with Crippen LogP contribution in [0.5, 0.6) is 11.9 Å². The number of fused-ring (bicyclic) bond motifs is 1. The van der Waals surface area contributed by atoms with Crippen LogP contribution in [0.4, 0.5) is 5.69 Å². The summed E-state index contributed by atoms with van der Waals surface area (Å²) in [6.45, 7) is 0. The smallest absolute Gasteiger partial charge is 0.317 e. The van der Waals surface area contributed by atoms with Gasteiger partial charge in [-0.25, -0.2) is 0 Å². The molecule has 4 N–H and O–H groups in total. The molecule has 0 radical (unpaired) electrons. The summed E-state index contributed by atoms with van der Waals surface area (Å²) in [5.41, 5.74) is 6.20. The second-order valence-electron chi connectivity index (χ2n) is 2.74. The Labute approximate surface area is 83.8 Å². The van der Waals surface area contributed by atoms with Gasteiger partial charge in [-0.3, -0.25) is 0 Å². The van der Waals surface area contributed by atoms with Crippen molar-refractivity contribution < 1.29 is 10.2 Å². The number of rotatable bonds is 0. The zero-order valence-corrected chi connectivity index (χ0v) is 7.65. The van der Waals surface area contributed by atoms with Crippen molar-refractivity contribution in [1.29, 1.82) is 0 Å². The molecule has 1 aromatic heterocycles. The monoisotopic (exact) mass is 211 g/mol. The minimum atomic E-state index is -0.504.